The first-order valence-corrected chi connectivity index (χ1v) is 9.53. The van der Waals surface area contributed by atoms with Gasteiger partial charge < -0.3 is 10.5 Å². The van der Waals surface area contributed by atoms with Crippen LogP contribution in [0.5, 0.6) is 0 Å². The number of benzene rings is 1. The van der Waals surface area contributed by atoms with E-state index in [1.165, 1.54) is 6.20 Å². The number of esters is 1. The number of anilines is 2. The molecule has 0 fully saturated rings. The maximum Gasteiger partial charge on any atom is 0.341 e. The Morgan fingerprint density at radius 2 is 2.00 bits per heavy atom. The van der Waals surface area contributed by atoms with Gasteiger partial charge in [0.05, 0.1) is 12.3 Å². The van der Waals surface area contributed by atoms with Gasteiger partial charge >= 0.3 is 5.97 Å². The average molecular weight is 408 g/mol. The Balaban J connectivity index is 1.71. The lowest BCUT2D eigenvalue weighted by atomic mass is 10.1. The highest BCUT2D eigenvalue weighted by molar-refractivity contribution is 7.22. The second-order valence-corrected chi connectivity index (χ2v) is 6.98. The summed E-state index contributed by atoms with van der Waals surface area (Å²) in [7, 11) is 0. The van der Waals surface area contributed by atoms with E-state index in [0.717, 1.165) is 21.6 Å². The van der Waals surface area contributed by atoms with Gasteiger partial charge in [-0.05, 0) is 19.1 Å². The van der Waals surface area contributed by atoms with E-state index >= 15 is 0 Å². The molecule has 0 amide bonds. The van der Waals surface area contributed by atoms with Gasteiger partial charge in [-0.1, -0.05) is 41.7 Å². The number of carbonyl (C=O) groups excluding carboxylic acids is 1. The van der Waals surface area contributed by atoms with Gasteiger partial charge in [0.15, 0.2) is 10.9 Å². The van der Waals surface area contributed by atoms with Crippen molar-refractivity contribution in [1.29, 1.82) is 0 Å². The standard InChI is InChI=1S/C19H16N6O3S/c1-2-28-18(27)12-10-25(17(26)16-15(12)21-19(20)29-16)24-14-9-8-13(22-23-14)11-6-4-3-5-7-11/h3-10H,2H2,1H3,(H2,20,21)(H,23,24). The molecule has 29 heavy (non-hydrogen) atoms. The summed E-state index contributed by atoms with van der Waals surface area (Å²) in [6.07, 6.45) is 1.33. The summed E-state index contributed by atoms with van der Waals surface area (Å²) in [6.45, 7) is 1.89. The second-order valence-electron chi connectivity index (χ2n) is 5.95. The molecule has 0 bridgehead atoms. The van der Waals surface area contributed by atoms with Gasteiger partial charge in [-0.15, -0.1) is 10.2 Å². The second kappa shape index (κ2) is 7.68. The lowest BCUT2D eigenvalue weighted by Gasteiger charge is -2.11. The van der Waals surface area contributed by atoms with Crippen molar-refractivity contribution < 1.29 is 9.53 Å². The molecular weight excluding hydrogens is 392 g/mol. The Morgan fingerprint density at radius 3 is 2.69 bits per heavy atom. The summed E-state index contributed by atoms with van der Waals surface area (Å²) in [5, 5.41) is 8.48. The molecule has 4 rings (SSSR count). The van der Waals surface area contributed by atoms with Crippen LogP contribution in [0.1, 0.15) is 17.3 Å². The lowest BCUT2D eigenvalue weighted by molar-refractivity contribution is 0.0527. The maximum absolute atomic E-state index is 12.8. The minimum atomic E-state index is -0.594. The van der Waals surface area contributed by atoms with Gasteiger partial charge in [0.1, 0.15) is 15.8 Å². The molecule has 0 aliphatic heterocycles. The van der Waals surface area contributed by atoms with Crippen molar-refractivity contribution in [3.05, 3.63) is 64.6 Å². The molecule has 0 spiro atoms. The zero-order chi connectivity index (χ0) is 20.4. The van der Waals surface area contributed by atoms with Crippen LogP contribution < -0.4 is 16.7 Å². The Bertz CT molecular complexity index is 1230. The number of hydrogen-bond donors (Lipinski definition) is 2. The molecule has 0 aliphatic rings. The lowest BCUT2D eigenvalue weighted by Crippen LogP contribution is -2.27. The number of fused-ring (bicyclic) bond motifs is 1. The van der Waals surface area contributed by atoms with Gasteiger partial charge in [0.25, 0.3) is 5.56 Å². The molecule has 3 aromatic heterocycles. The summed E-state index contributed by atoms with van der Waals surface area (Å²) in [5.41, 5.74) is 10.2. The van der Waals surface area contributed by atoms with Crippen LogP contribution in [0.15, 0.2) is 53.5 Å². The number of pyridine rings is 1. The van der Waals surface area contributed by atoms with Crippen molar-refractivity contribution in [1.82, 2.24) is 19.9 Å². The van der Waals surface area contributed by atoms with Gasteiger partial charge in [0, 0.05) is 11.8 Å². The minimum Gasteiger partial charge on any atom is -0.462 e. The van der Waals surface area contributed by atoms with Crippen LogP contribution in [0, 0.1) is 0 Å². The monoisotopic (exact) mass is 408 g/mol. The highest BCUT2D eigenvalue weighted by Crippen LogP contribution is 2.24. The van der Waals surface area contributed by atoms with E-state index in [-0.39, 0.29) is 27.5 Å². The molecule has 0 unspecified atom stereocenters. The number of rotatable bonds is 5. The Morgan fingerprint density at radius 1 is 1.21 bits per heavy atom. The first-order chi connectivity index (χ1) is 14.1. The summed E-state index contributed by atoms with van der Waals surface area (Å²) < 4.78 is 6.46. The summed E-state index contributed by atoms with van der Waals surface area (Å²) in [4.78, 5) is 29.2. The van der Waals surface area contributed by atoms with Crippen LogP contribution in [0.25, 0.3) is 21.5 Å². The van der Waals surface area contributed by atoms with Crippen molar-refractivity contribution in [3.63, 3.8) is 0 Å². The molecule has 3 heterocycles. The third kappa shape index (κ3) is 3.65. The Kier molecular flexibility index (Phi) is 4.92. The largest absolute Gasteiger partial charge is 0.462 e. The number of nitrogens with zero attached hydrogens (tertiary/aromatic N) is 4. The number of thiazole rings is 1. The minimum absolute atomic E-state index is 0.135. The number of aromatic nitrogens is 4. The number of carbonyl (C=O) groups is 1. The van der Waals surface area contributed by atoms with Gasteiger partial charge in [-0.3, -0.25) is 10.2 Å². The van der Waals surface area contributed by atoms with Crippen LogP contribution in [-0.4, -0.2) is 32.4 Å². The van der Waals surface area contributed by atoms with E-state index in [9.17, 15) is 9.59 Å². The quantitative estimate of drug-likeness (QED) is 0.483. The molecule has 0 saturated heterocycles. The van der Waals surface area contributed by atoms with Crippen molar-refractivity contribution in [2.45, 2.75) is 6.92 Å². The molecule has 3 N–H and O–H groups in total. The SMILES string of the molecule is CCOC(=O)c1cn(Nc2ccc(-c3ccccc3)nn2)c(=O)c2sc(N)nc12. The van der Waals surface area contributed by atoms with E-state index in [0.29, 0.717) is 11.5 Å². The number of ether oxygens (including phenoxy) is 1. The van der Waals surface area contributed by atoms with E-state index in [1.807, 2.05) is 30.3 Å². The normalized spacial score (nSPS) is 10.8. The highest BCUT2D eigenvalue weighted by atomic mass is 32.1. The Labute approximate surface area is 168 Å². The predicted octanol–water partition coefficient (Wildman–Crippen LogP) is 2.55. The predicted molar refractivity (Wildman–Crippen MR) is 111 cm³/mol. The van der Waals surface area contributed by atoms with Crippen molar-refractivity contribution in [3.8, 4) is 11.3 Å². The Hall–Kier alpha value is -3.79. The summed E-state index contributed by atoms with van der Waals surface area (Å²) in [6, 6.07) is 13.1. The topological polar surface area (TPSA) is 125 Å². The van der Waals surface area contributed by atoms with Crippen LogP contribution in [0.4, 0.5) is 10.9 Å². The van der Waals surface area contributed by atoms with Gasteiger partial charge in [0.2, 0.25) is 0 Å². The van der Waals surface area contributed by atoms with Crippen LogP contribution in [-0.2, 0) is 4.74 Å². The molecule has 10 heteroatoms. The summed E-state index contributed by atoms with van der Waals surface area (Å²) in [5.74, 6) is -0.262. The van der Waals surface area contributed by atoms with E-state index in [4.69, 9.17) is 10.5 Å². The summed E-state index contributed by atoms with van der Waals surface area (Å²) >= 11 is 1.00. The fraction of sp³-hybridized carbons (Fsp3) is 0.105. The molecular formula is C19H16N6O3S. The zero-order valence-corrected chi connectivity index (χ0v) is 16.1. The number of nitrogens with one attached hydrogen (secondary N) is 1. The maximum atomic E-state index is 12.8. The molecule has 0 saturated carbocycles. The fourth-order valence-corrected chi connectivity index (χ4v) is 3.53. The van der Waals surface area contributed by atoms with Crippen LogP contribution in [0.3, 0.4) is 0 Å². The molecule has 4 aromatic rings. The molecule has 0 atom stereocenters. The van der Waals surface area contributed by atoms with Gasteiger partial charge in [-0.25, -0.2) is 14.5 Å². The van der Waals surface area contributed by atoms with Crippen molar-refractivity contribution >= 4 is 38.5 Å². The number of nitrogens with two attached hydrogens (primary N) is 1. The molecule has 0 aliphatic carbocycles. The third-order valence-electron chi connectivity index (χ3n) is 4.03. The first kappa shape index (κ1) is 18.6. The average Bonchev–Trinajstić information content (AvgIpc) is 3.13. The molecule has 0 radical (unpaired) electrons. The van der Waals surface area contributed by atoms with Crippen molar-refractivity contribution in [2.24, 2.45) is 0 Å². The van der Waals surface area contributed by atoms with Crippen LogP contribution >= 0.6 is 11.3 Å². The third-order valence-corrected chi connectivity index (χ3v) is 4.91. The smallest absolute Gasteiger partial charge is 0.341 e. The first-order valence-electron chi connectivity index (χ1n) is 8.71. The van der Waals surface area contributed by atoms with Crippen LogP contribution in [0.2, 0.25) is 0 Å². The number of hydrogen-bond acceptors (Lipinski definition) is 9. The van der Waals surface area contributed by atoms with Crippen molar-refractivity contribution in [2.75, 3.05) is 17.8 Å². The zero-order valence-electron chi connectivity index (χ0n) is 15.3. The fourth-order valence-electron chi connectivity index (χ4n) is 2.74. The molecule has 146 valence electrons. The number of nitrogen functional groups attached to an aromatic ring is 1. The van der Waals surface area contributed by atoms with Gasteiger partial charge in [-0.2, -0.15) is 0 Å². The molecule has 1 aromatic carbocycles. The highest BCUT2D eigenvalue weighted by Gasteiger charge is 2.20. The molecule has 9 nitrogen and oxygen atoms in total. The van der Waals surface area contributed by atoms with E-state index < -0.39 is 11.5 Å². The van der Waals surface area contributed by atoms with E-state index in [2.05, 4.69) is 20.6 Å². The van der Waals surface area contributed by atoms with E-state index in [1.54, 1.807) is 19.1 Å².